The minimum Gasteiger partial charge on any atom is -0.330 e. The third kappa shape index (κ3) is 1.65. The molecule has 74 valence electrons. The highest BCUT2D eigenvalue weighted by Crippen LogP contribution is 2.17. The van der Waals surface area contributed by atoms with Crippen LogP contribution in [0.1, 0.15) is 11.4 Å². The third-order valence-electron chi connectivity index (χ3n) is 1.94. The van der Waals surface area contributed by atoms with Crippen molar-refractivity contribution in [1.82, 2.24) is 14.6 Å². The number of nitrogens with two attached hydrogens (primary N) is 1. The molecular weight excluding hydrogens is 244 g/mol. The monoisotopic (exact) mass is 254 g/mol. The van der Waals surface area contributed by atoms with E-state index >= 15 is 0 Å². The molecule has 0 atom stereocenters. The topological polar surface area (TPSA) is 56.2 Å². The van der Waals surface area contributed by atoms with Crippen LogP contribution in [0, 0.1) is 6.92 Å². The minimum absolute atomic E-state index is 0.577. The highest BCUT2D eigenvalue weighted by molar-refractivity contribution is 9.10. The van der Waals surface area contributed by atoms with Crippen molar-refractivity contribution in [3.8, 4) is 0 Å². The maximum Gasteiger partial charge on any atom is 0.169 e. The molecule has 0 radical (unpaired) electrons. The second-order valence-corrected chi connectivity index (χ2v) is 4.05. The number of hydrogen-bond donors (Lipinski definition) is 1. The number of aryl methyl sites for hydroxylation is 1. The summed E-state index contributed by atoms with van der Waals surface area (Å²) in [5.41, 5.74) is 7.44. The first-order valence-corrected chi connectivity index (χ1v) is 5.21. The van der Waals surface area contributed by atoms with Crippen molar-refractivity contribution in [1.29, 1.82) is 0 Å². The van der Waals surface area contributed by atoms with Gasteiger partial charge >= 0.3 is 0 Å². The molecule has 0 aliphatic carbocycles. The molecule has 14 heavy (non-hydrogen) atoms. The third-order valence-corrected chi connectivity index (χ3v) is 2.52. The quantitative estimate of drug-likeness (QED) is 0.879. The van der Waals surface area contributed by atoms with Gasteiger partial charge in [0.2, 0.25) is 0 Å². The molecule has 0 fully saturated rings. The first kappa shape index (κ1) is 9.61. The summed E-state index contributed by atoms with van der Waals surface area (Å²) in [6.07, 6.45) is 2.67. The zero-order valence-electron chi connectivity index (χ0n) is 7.87. The van der Waals surface area contributed by atoms with Crippen molar-refractivity contribution in [2.75, 3.05) is 6.54 Å². The Hall–Kier alpha value is -0.940. The largest absolute Gasteiger partial charge is 0.330 e. The van der Waals surface area contributed by atoms with Gasteiger partial charge in [-0.1, -0.05) is 0 Å². The van der Waals surface area contributed by atoms with E-state index in [1.165, 1.54) is 0 Å². The zero-order valence-corrected chi connectivity index (χ0v) is 9.45. The molecule has 0 aliphatic heterocycles. The van der Waals surface area contributed by atoms with E-state index in [9.17, 15) is 0 Å². The fraction of sp³-hybridized carbons (Fsp3) is 0.333. The summed E-state index contributed by atoms with van der Waals surface area (Å²) in [5, 5.41) is 4.32. The summed E-state index contributed by atoms with van der Waals surface area (Å²) in [7, 11) is 0. The molecule has 0 unspecified atom stereocenters. The number of pyridine rings is 1. The van der Waals surface area contributed by atoms with E-state index in [1.807, 2.05) is 19.2 Å². The van der Waals surface area contributed by atoms with Gasteiger partial charge in [-0.25, -0.2) is 9.50 Å². The summed E-state index contributed by atoms with van der Waals surface area (Å²) in [5.74, 6) is 0.791. The summed E-state index contributed by atoms with van der Waals surface area (Å²) in [6, 6.07) is 2.02. The summed E-state index contributed by atoms with van der Waals surface area (Å²) >= 11 is 3.46. The molecule has 0 spiro atoms. The normalized spacial score (nSPS) is 11.1. The van der Waals surface area contributed by atoms with Crippen LogP contribution in [0.25, 0.3) is 5.65 Å². The zero-order chi connectivity index (χ0) is 10.1. The molecule has 2 heterocycles. The van der Waals surface area contributed by atoms with Gasteiger partial charge in [0.15, 0.2) is 11.5 Å². The molecule has 0 aliphatic rings. The summed E-state index contributed by atoms with van der Waals surface area (Å²) in [6.45, 7) is 2.60. The maximum atomic E-state index is 5.45. The molecule has 4 nitrogen and oxygen atoms in total. The Morgan fingerprint density at radius 1 is 1.57 bits per heavy atom. The van der Waals surface area contributed by atoms with Gasteiger partial charge in [0.05, 0.1) is 4.47 Å². The van der Waals surface area contributed by atoms with E-state index in [0.717, 1.165) is 21.5 Å². The van der Waals surface area contributed by atoms with Gasteiger partial charge in [-0.3, -0.25) is 0 Å². The molecule has 2 aromatic heterocycles. The molecule has 5 heteroatoms. The van der Waals surface area contributed by atoms with Gasteiger partial charge in [-0.15, -0.1) is 0 Å². The van der Waals surface area contributed by atoms with Crippen molar-refractivity contribution >= 4 is 21.6 Å². The fourth-order valence-corrected chi connectivity index (χ4v) is 1.98. The van der Waals surface area contributed by atoms with Crippen molar-refractivity contribution < 1.29 is 0 Å². The summed E-state index contributed by atoms with van der Waals surface area (Å²) < 4.78 is 2.75. The number of fused-ring (bicyclic) bond motifs is 1. The average molecular weight is 255 g/mol. The molecule has 0 bridgehead atoms. The lowest BCUT2D eigenvalue weighted by Gasteiger charge is -1.96. The van der Waals surface area contributed by atoms with Crippen molar-refractivity contribution in [2.24, 2.45) is 5.73 Å². The van der Waals surface area contributed by atoms with E-state index in [2.05, 4.69) is 26.0 Å². The molecule has 2 N–H and O–H groups in total. The SMILES string of the molecule is Cc1cc(Br)c2nc(CCN)nn2c1. The van der Waals surface area contributed by atoms with Gasteiger partial charge in [0, 0.05) is 12.6 Å². The van der Waals surface area contributed by atoms with E-state index in [4.69, 9.17) is 5.73 Å². The standard InChI is InChI=1S/C9H11BrN4/c1-6-4-7(10)9-12-8(2-3-11)13-14(9)5-6/h4-5H,2-3,11H2,1H3. The molecule has 0 saturated heterocycles. The lowest BCUT2D eigenvalue weighted by molar-refractivity contribution is 0.841. The van der Waals surface area contributed by atoms with Gasteiger partial charge < -0.3 is 5.73 Å². The number of halogens is 1. The van der Waals surface area contributed by atoms with Gasteiger partial charge in [0.25, 0.3) is 0 Å². The number of aromatic nitrogens is 3. The Labute approximate surface area is 90.3 Å². The highest BCUT2D eigenvalue weighted by atomic mass is 79.9. The van der Waals surface area contributed by atoms with Crippen LogP contribution in [0.15, 0.2) is 16.7 Å². The van der Waals surface area contributed by atoms with Crippen LogP contribution in [0.5, 0.6) is 0 Å². The van der Waals surface area contributed by atoms with Gasteiger partial charge in [-0.2, -0.15) is 5.10 Å². The smallest absolute Gasteiger partial charge is 0.169 e. The second kappa shape index (κ2) is 3.67. The lowest BCUT2D eigenvalue weighted by atomic mass is 10.3. The van der Waals surface area contributed by atoms with Crippen molar-refractivity contribution in [2.45, 2.75) is 13.3 Å². The Bertz CT molecular complexity index is 463. The number of rotatable bonds is 2. The Balaban J connectivity index is 2.58. The first-order valence-electron chi connectivity index (χ1n) is 4.42. The number of nitrogens with zero attached hydrogens (tertiary/aromatic N) is 3. The number of hydrogen-bond acceptors (Lipinski definition) is 3. The molecule has 2 aromatic rings. The van der Waals surface area contributed by atoms with Crippen LogP contribution >= 0.6 is 15.9 Å². The first-order chi connectivity index (χ1) is 6.70. The predicted octanol–water partition coefficient (Wildman–Crippen LogP) is 1.30. The lowest BCUT2D eigenvalue weighted by Crippen LogP contribution is -2.04. The fourth-order valence-electron chi connectivity index (χ4n) is 1.35. The van der Waals surface area contributed by atoms with Crippen LogP contribution in [-0.4, -0.2) is 21.1 Å². The average Bonchev–Trinajstić information content (AvgIpc) is 2.48. The Morgan fingerprint density at radius 2 is 2.36 bits per heavy atom. The molecule has 2 rings (SSSR count). The van der Waals surface area contributed by atoms with E-state index in [1.54, 1.807) is 4.52 Å². The van der Waals surface area contributed by atoms with Gasteiger partial charge in [-0.05, 0) is 41.0 Å². The van der Waals surface area contributed by atoms with Crippen LogP contribution in [0.2, 0.25) is 0 Å². The second-order valence-electron chi connectivity index (χ2n) is 3.20. The molecule has 0 saturated carbocycles. The van der Waals surface area contributed by atoms with E-state index < -0.39 is 0 Å². The van der Waals surface area contributed by atoms with Gasteiger partial charge in [0.1, 0.15) is 0 Å². The Kier molecular flexibility index (Phi) is 2.52. The maximum absolute atomic E-state index is 5.45. The predicted molar refractivity (Wildman–Crippen MR) is 58.2 cm³/mol. The van der Waals surface area contributed by atoms with Crippen LogP contribution in [0.4, 0.5) is 0 Å². The van der Waals surface area contributed by atoms with E-state index in [0.29, 0.717) is 13.0 Å². The van der Waals surface area contributed by atoms with Crippen molar-refractivity contribution in [3.05, 3.63) is 28.1 Å². The highest BCUT2D eigenvalue weighted by Gasteiger charge is 2.06. The van der Waals surface area contributed by atoms with E-state index in [-0.39, 0.29) is 0 Å². The van der Waals surface area contributed by atoms with Crippen LogP contribution in [-0.2, 0) is 6.42 Å². The molecule has 0 amide bonds. The summed E-state index contributed by atoms with van der Waals surface area (Å²) in [4.78, 5) is 4.37. The molecule has 0 aromatic carbocycles. The van der Waals surface area contributed by atoms with Crippen molar-refractivity contribution in [3.63, 3.8) is 0 Å². The van der Waals surface area contributed by atoms with Crippen LogP contribution < -0.4 is 5.73 Å². The minimum atomic E-state index is 0.577. The Morgan fingerprint density at radius 3 is 3.07 bits per heavy atom. The van der Waals surface area contributed by atoms with Crippen LogP contribution in [0.3, 0.4) is 0 Å². The molecular formula is C9H11BrN4.